The molecule has 0 bridgehead atoms. The van der Waals surface area contributed by atoms with E-state index >= 15 is 0 Å². The van der Waals surface area contributed by atoms with Crippen molar-refractivity contribution in [1.82, 2.24) is 0 Å². The lowest BCUT2D eigenvalue weighted by Crippen LogP contribution is -2.07. The van der Waals surface area contributed by atoms with Crippen molar-refractivity contribution in [3.8, 4) is 0 Å². The van der Waals surface area contributed by atoms with E-state index in [1.165, 1.54) is 6.07 Å². The van der Waals surface area contributed by atoms with Crippen molar-refractivity contribution < 1.29 is 13.2 Å². The summed E-state index contributed by atoms with van der Waals surface area (Å²) >= 11 is 0. The van der Waals surface area contributed by atoms with Crippen molar-refractivity contribution in [1.29, 1.82) is 0 Å². The molecule has 0 spiro atoms. The van der Waals surface area contributed by atoms with E-state index in [0.29, 0.717) is 12.2 Å². The highest BCUT2D eigenvalue weighted by atomic mass is 19.4. The van der Waals surface area contributed by atoms with Gasteiger partial charge in [-0.2, -0.15) is 13.2 Å². The van der Waals surface area contributed by atoms with Gasteiger partial charge in [0.25, 0.3) is 0 Å². The third-order valence-electron chi connectivity index (χ3n) is 1.66. The molecule has 0 amide bonds. The molecule has 14 heavy (non-hydrogen) atoms. The molecule has 78 valence electrons. The van der Waals surface area contributed by atoms with Crippen molar-refractivity contribution in [2.75, 3.05) is 17.6 Å². The first kappa shape index (κ1) is 10.7. The Kier molecular flexibility index (Phi) is 2.88. The molecule has 5 heteroatoms. The molecule has 0 radical (unpaired) electrons. The van der Waals surface area contributed by atoms with Crippen LogP contribution in [0.15, 0.2) is 18.2 Å². The summed E-state index contributed by atoms with van der Waals surface area (Å²) in [6.07, 6.45) is -4.35. The minimum Gasteiger partial charge on any atom is -0.399 e. The van der Waals surface area contributed by atoms with Gasteiger partial charge in [-0.3, -0.25) is 0 Å². The number of benzene rings is 1. The Bertz CT molecular complexity index is 320. The van der Waals surface area contributed by atoms with Crippen LogP contribution in [-0.2, 0) is 6.18 Å². The predicted molar refractivity (Wildman–Crippen MR) is 50.0 cm³/mol. The van der Waals surface area contributed by atoms with Crippen molar-refractivity contribution in [2.24, 2.45) is 0 Å². The van der Waals surface area contributed by atoms with E-state index in [4.69, 9.17) is 5.73 Å². The maximum atomic E-state index is 12.3. The molecule has 1 aromatic rings. The van der Waals surface area contributed by atoms with Crippen LogP contribution in [0.2, 0.25) is 0 Å². The van der Waals surface area contributed by atoms with Gasteiger partial charge in [-0.05, 0) is 25.1 Å². The molecular weight excluding hydrogens is 193 g/mol. The molecule has 2 nitrogen and oxygen atoms in total. The lowest BCUT2D eigenvalue weighted by molar-refractivity contribution is -0.137. The summed E-state index contributed by atoms with van der Waals surface area (Å²) in [6.45, 7) is 2.36. The third-order valence-corrected chi connectivity index (χ3v) is 1.66. The van der Waals surface area contributed by atoms with E-state index in [0.717, 1.165) is 12.1 Å². The average Bonchev–Trinajstić information content (AvgIpc) is 2.02. The van der Waals surface area contributed by atoms with Crippen LogP contribution in [0.1, 0.15) is 12.5 Å². The van der Waals surface area contributed by atoms with Gasteiger partial charge >= 0.3 is 6.18 Å². The molecule has 0 aromatic heterocycles. The van der Waals surface area contributed by atoms with Crippen LogP contribution < -0.4 is 11.1 Å². The number of nitrogens with two attached hydrogens (primary N) is 1. The number of halogens is 3. The standard InChI is InChI=1S/C9H11F3N2/c1-2-14-8-4-6(9(10,11)12)3-7(13)5-8/h3-5,14H,2,13H2,1H3. The number of alkyl halides is 3. The fourth-order valence-corrected chi connectivity index (χ4v) is 1.12. The molecule has 0 atom stereocenters. The third kappa shape index (κ3) is 2.55. The summed E-state index contributed by atoms with van der Waals surface area (Å²) in [5.41, 5.74) is 5.11. The molecule has 0 saturated carbocycles. The second-order valence-corrected chi connectivity index (χ2v) is 2.87. The zero-order chi connectivity index (χ0) is 10.8. The van der Waals surface area contributed by atoms with E-state index < -0.39 is 11.7 Å². The maximum Gasteiger partial charge on any atom is 0.416 e. The van der Waals surface area contributed by atoms with Gasteiger partial charge in [0.1, 0.15) is 0 Å². The van der Waals surface area contributed by atoms with Crippen LogP contribution >= 0.6 is 0 Å². The Morgan fingerprint density at radius 3 is 2.43 bits per heavy atom. The van der Waals surface area contributed by atoms with Gasteiger partial charge < -0.3 is 11.1 Å². The Morgan fingerprint density at radius 1 is 1.29 bits per heavy atom. The van der Waals surface area contributed by atoms with Crippen molar-refractivity contribution >= 4 is 11.4 Å². The van der Waals surface area contributed by atoms with Crippen LogP contribution in [0.4, 0.5) is 24.5 Å². The summed E-state index contributed by atoms with van der Waals surface area (Å²) in [5.74, 6) is 0. The molecule has 0 aliphatic carbocycles. The summed E-state index contributed by atoms with van der Waals surface area (Å²) in [4.78, 5) is 0. The molecule has 1 aromatic carbocycles. The van der Waals surface area contributed by atoms with E-state index in [2.05, 4.69) is 5.32 Å². The summed E-state index contributed by atoms with van der Waals surface area (Å²) in [6, 6.07) is 3.43. The van der Waals surface area contributed by atoms with Crippen LogP contribution in [0.3, 0.4) is 0 Å². The second-order valence-electron chi connectivity index (χ2n) is 2.87. The summed E-state index contributed by atoms with van der Waals surface area (Å²) in [7, 11) is 0. The zero-order valence-corrected chi connectivity index (χ0v) is 7.65. The quantitative estimate of drug-likeness (QED) is 0.727. The highest BCUT2D eigenvalue weighted by molar-refractivity contribution is 5.57. The summed E-state index contributed by atoms with van der Waals surface area (Å²) in [5, 5.41) is 2.78. The summed E-state index contributed by atoms with van der Waals surface area (Å²) < 4.78 is 36.9. The molecule has 0 fully saturated rings. The fourth-order valence-electron chi connectivity index (χ4n) is 1.12. The van der Waals surface area contributed by atoms with Crippen LogP contribution in [0, 0.1) is 0 Å². The first-order valence-electron chi connectivity index (χ1n) is 4.15. The molecule has 0 aliphatic heterocycles. The topological polar surface area (TPSA) is 38.0 Å². The van der Waals surface area contributed by atoms with Gasteiger partial charge in [0.15, 0.2) is 0 Å². The van der Waals surface area contributed by atoms with Gasteiger partial charge in [0.2, 0.25) is 0 Å². The molecule has 0 saturated heterocycles. The Morgan fingerprint density at radius 2 is 1.93 bits per heavy atom. The maximum absolute atomic E-state index is 12.3. The Labute approximate surface area is 79.9 Å². The first-order valence-corrected chi connectivity index (χ1v) is 4.15. The smallest absolute Gasteiger partial charge is 0.399 e. The van der Waals surface area contributed by atoms with Crippen LogP contribution in [-0.4, -0.2) is 6.54 Å². The average molecular weight is 204 g/mol. The minimum atomic E-state index is -4.35. The van der Waals surface area contributed by atoms with Gasteiger partial charge in [0, 0.05) is 17.9 Å². The van der Waals surface area contributed by atoms with Crippen LogP contribution in [0.25, 0.3) is 0 Å². The van der Waals surface area contributed by atoms with Crippen molar-refractivity contribution in [3.05, 3.63) is 23.8 Å². The van der Waals surface area contributed by atoms with Gasteiger partial charge in [-0.15, -0.1) is 0 Å². The second kappa shape index (κ2) is 3.77. The number of nitrogen functional groups attached to an aromatic ring is 1. The SMILES string of the molecule is CCNc1cc(N)cc(C(F)(F)F)c1. The predicted octanol–water partition coefficient (Wildman–Crippen LogP) is 2.72. The van der Waals surface area contributed by atoms with Gasteiger partial charge in [-0.1, -0.05) is 0 Å². The number of hydrogen-bond donors (Lipinski definition) is 2. The monoisotopic (exact) mass is 204 g/mol. The van der Waals surface area contributed by atoms with E-state index in [9.17, 15) is 13.2 Å². The lowest BCUT2D eigenvalue weighted by Gasteiger charge is -2.10. The molecule has 0 unspecified atom stereocenters. The zero-order valence-electron chi connectivity index (χ0n) is 7.65. The van der Waals surface area contributed by atoms with Crippen molar-refractivity contribution in [3.63, 3.8) is 0 Å². The van der Waals surface area contributed by atoms with Gasteiger partial charge in [0.05, 0.1) is 5.56 Å². The number of nitrogens with one attached hydrogen (secondary N) is 1. The molecular formula is C9H11F3N2. The number of anilines is 2. The Balaban J connectivity index is 3.07. The number of hydrogen-bond acceptors (Lipinski definition) is 2. The molecule has 3 N–H and O–H groups in total. The normalized spacial score (nSPS) is 11.4. The first-order chi connectivity index (χ1) is 6.43. The molecule has 0 aliphatic rings. The van der Waals surface area contributed by atoms with Gasteiger partial charge in [-0.25, -0.2) is 0 Å². The van der Waals surface area contributed by atoms with E-state index in [-0.39, 0.29) is 5.69 Å². The molecule has 1 rings (SSSR count). The van der Waals surface area contributed by atoms with Crippen LogP contribution in [0.5, 0.6) is 0 Å². The highest BCUT2D eigenvalue weighted by Gasteiger charge is 2.30. The lowest BCUT2D eigenvalue weighted by atomic mass is 10.1. The van der Waals surface area contributed by atoms with Crippen molar-refractivity contribution in [2.45, 2.75) is 13.1 Å². The van der Waals surface area contributed by atoms with E-state index in [1.807, 2.05) is 0 Å². The van der Waals surface area contributed by atoms with E-state index in [1.54, 1.807) is 6.92 Å². The molecule has 0 heterocycles. The number of rotatable bonds is 2. The fraction of sp³-hybridized carbons (Fsp3) is 0.333. The largest absolute Gasteiger partial charge is 0.416 e. The minimum absolute atomic E-state index is 0.107. The Hall–Kier alpha value is -1.39. The highest BCUT2D eigenvalue weighted by Crippen LogP contribution is 2.32.